The molecule has 4 atom stereocenters. The monoisotopic (exact) mass is 138 g/mol. The van der Waals surface area contributed by atoms with Crippen molar-refractivity contribution in [2.24, 2.45) is 23.2 Å². The predicted molar refractivity (Wildman–Crippen MR) is 43.8 cm³/mol. The molecule has 0 heterocycles. The molecule has 0 radical (unpaired) electrons. The van der Waals surface area contributed by atoms with E-state index in [0.717, 1.165) is 23.2 Å². The smallest absolute Gasteiger partial charge is 0.0294 e. The third-order valence-corrected chi connectivity index (χ3v) is 3.81. The van der Waals surface area contributed by atoms with Crippen LogP contribution in [-0.4, -0.2) is 0 Å². The maximum atomic E-state index is 2.46. The summed E-state index contributed by atoms with van der Waals surface area (Å²) in [6.45, 7) is 7.25. The molecule has 0 bridgehead atoms. The fraction of sp³-hybridized carbons (Fsp3) is 1.00. The second-order valence-electron chi connectivity index (χ2n) is 4.94. The average molecular weight is 138 g/mol. The van der Waals surface area contributed by atoms with Crippen molar-refractivity contribution in [2.45, 2.75) is 40.0 Å². The van der Waals surface area contributed by atoms with Crippen molar-refractivity contribution in [3.05, 3.63) is 0 Å². The van der Waals surface area contributed by atoms with Crippen LogP contribution in [-0.2, 0) is 0 Å². The second-order valence-corrected chi connectivity index (χ2v) is 4.94. The van der Waals surface area contributed by atoms with Crippen LogP contribution in [0.1, 0.15) is 40.0 Å². The third kappa shape index (κ3) is 0.980. The zero-order valence-corrected chi connectivity index (χ0v) is 7.35. The van der Waals surface area contributed by atoms with E-state index < -0.39 is 0 Å². The Balaban J connectivity index is 1.81. The Labute approximate surface area is 64.0 Å². The molecule has 0 nitrogen and oxygen atoms in total. The van der Waals surface area contributed by atoms with Gasteiger partial charge in [0.15, 0.2) is 0 Å². The Morgan fingerprint density at radius 2 is 1.90 bits per heavy atom. The van der Waals surface area contributed by atoms with Gasteiger partial charge >= 0.3 is 0 Å². The van der Waals surface area contributed by atoms with Gasteiger partial charge in [0.1, 0.15) is 0 Å². The molecule has 2 fully saturated rings. The zero-order chi connectivity index (χ0) is 7.35. The molecule has 2 saturated carbocycles. The minimum absolute atomic E-state index is 0.773. The van der Waals surface area contributed by atoms with E-state index in [1.807, 2.05) is 0 Å². The van der Waals surface area contributed by atoms with Gasteiger partial charge in [0, 0.05) is 0 Å². The quantitative estimate of drug-likeness (QED) is 0.550. The van der Waals surface area contributed by atoms with E-state index in [1.165, 1.54) is 19.3 Å². The van der Waals surface area contributed by atoms with Crippen LogP contribution >= 0.6 is 0 Å². The molecule has 4 unspecified atom stereocenters. The third-order valence-electron chi connectivity index (χ3n) is 3.81. The summed E-state index contributed by atoms with van der Waals surface area (Å²) in [5.74, 6) is 3.19. The zero-order valence-electron chi connectivity index (χ0n) is 7.35. The number of rotatable bonds is 2. The van der Waals surface area contributed by atoms with Crippen molar-refractivity contribution in [1.82, 2.24) is 0 Å². The molecule has 0 spiro atoms. The highest BCUT2D eigenvalue weighted by atomic mass is 14.6. The lowest BCUT2D eigenvalue weighted by Crippen LogP contribution is -1.98. The van der Waals surface area contributed by atoms with Crippen molar-refractivity contribution < 1.29 is 0 Å². The minimum Gasteiger partial charge on any atom is -0.0622 e. The number of hydrogen-bond acceptors (Lipinski definition) is 0. The Hall–Kier alpha value is 0. The topological polar surface area (TPSA) is 0 Å². The van der Waals surface area contributed by atoms with Gasteiger partial charge in [0.25, 0.3) is 0 Å². The highest BCUT2D eigenvalue weighted by Crippen LogP contribution is 2.60. The molecule has 0 aromatic carbocycles. The molecule has 0 N–H and O–H groups in total. The van der Waals surface area contributed by atoms with Gasteiger partial charge in [-0.05, 0) is 42.4 Å². The van der Waals surface area contributed by atoms with E-state index in [1.54, 1.807) is 0 Å². The van der Waals surface area contributed by atoms with Crippen LogP contribution in [0.25, 0.3) is 0 Å². The second kappa shape index (κ2) is 1.78. The van der Waals surface area contributed by atoms with Crippen molar-refractivity contribution in [1.29, 1.82) is 0 Å². The summed E-state index contributed by atoms with van der Waals surface area (Å²) in [4.78, 5) is 0. The molecular weight excluding hydrogens is 120 g/mol. The van der Waals surface area contributed by atoms with Gasteiger partial charge in [0.05, 0.1) is 0 Å². The molecule has 0 heteroatoms. The molecule has 0 amide bonds. The van der Waals surface area contributed by atoms with E-state index in [-0.39, 0.29) is 0 Å². The van der Waals surface area contributed by atoms with E-state index >= 15 is 0 Å². The SMILES string of the molecule is CC1CC1CC1(C)CC1C. The highest BCUT2D eigenvalue weighted by Gasteiger charge is 2.50. The minimum atomic E-state index is 0.773. The Morgan fingerprint density at radius 3 is 2.20 bits per heavy atom. The Kier molecular flexibility index (Phi) is 1.19. The van der Waals surface area contributed by atoms with Crippen molar-refractivity contribution in [3.63, 3.8) is 0 Å². The molecule has 0 saturated heterocycles. The number of hydrogen-bond donors (Lipinski definition) is 0. The Morgan fingerprint density at radius 1 is 1.40 bits per heavy atom. The first-order valence-electron chi connectivity index (χ1n) is 4.62. The van der Waals surface area contributed by atoms with Crippen molar-refractivity contribution in [2.75, 3.05) is 0 Å². The fourth-order valence-corrected chi connectivity index (χ4v) is 2.21. The van der Waals surface area contributed by atoms with Crippen LogP contribution in [0.5, 0.6) is 0 Å². The van der Waals surface area contributed by atoms with Crippen LogP contribution in [0.4, 0.5) is 0 Å². The molecule has 0 aliphatic heterocycles. The van der Waals surface area contributed by atoms with Gasteiger partial charge < -0.3 is 0 Å². The lowest BCUT2D eigenvalue weighted by Gasteiger charge is -2.07. The lowest BCUT2D eigenvalue weighted by molar-refractivity contribution is 0.431. The lowest BCUT2D eigenvalue weighted by atomic mass is 9.98. The summed E-state index contributed by atoms with van der Waals surface area (Å²) in [5, 5.41) is 0. The summed E-state index contributed by atoms with van der Waals surface area (Å²) in [5.41, 5.74) is 0.773. The first-order chi connectivity index (χ1) is 4.62. The van der Waals surface area contributed by atoms with Crippen LogP contribution in [0.15, 0.2) is 0 Å². The van der Waals surface area contributed by atoms with Crippen molar-refractivity contribution in [3.8, 4) is 0 Å². The summed E-state index contributed by atoms with van der Waals surface area (Å²) >= 11 is 0. The van der Waals surface area contributed by atoms with E-state index in [0.29, 0.717) is 0 Å². The molecule has 10 heavy (non-hydrogen) atoms. The van der Waals surface area contributed by atoms with Gasteiger partial charge in [-0.3, -0.25) is 0 Å². The van der Waals surface area contributed by atoms with Gasteiger partial charge in [-0.1, -0.05) is 20.8 Å². The first kappa shape index (κ1) is 6.69. The van der Waals surface area contributed by atoms with Gasteiger partial charge in [-0.2, -0.15) is 0 Å². The molecule has 58 valence electrons. The van der Waals surface area contributed by atoms with Crippen LogP contribution < -0.4 is 0 Å². The molecular formula is C10H18. The standard InChI is InChI=1S/C10H18/c1-7-4-9(7)6-10(3)5-8(10)2/h7-9H,4-6H2,1-3H3. The predicted octanol–water partition coefficient (Wildman–Crippen LogP) is 3.08. The van der Waals surface area contributed by atoms with E-state index in [4.69, 9.17) is 0 Å². The molecule has 0 aromatic rings. The van der Waals surface area contributed by atoms with Gasteiger partial charge in [0.2, 0.25) is 0 Å². The molecule has 0 aromatic heterocycles. The van der Waals surface area contributed by atoms with Crippen LogP contribution in [0.3, 0.4) is 0 Å². The molecule has 2 aliphatic rings. The maximum Gasteiger partial charge on any atom is -0.0294 e. The van der Waals surface area contributed by atoms with Gasteiger partial charge in [-0.15, -0.1) is 0 Å². The first-order valence-corrected chi connectivity index (χ1v) is 4.62. The van der Waals surface area contributed by atoms with Crippen molar-refractivity contribution >= 4 is 0 Å². The largest absolute Gasteiger partial charge is 0.0622 e. The molecule has 2 rings (SSSR count). The highest BCUT2D eigenvalue weighted by molar-refractivity contribution is 5.00. The average Bonchev–Trinajstić information content (AvgIpc) is 2.58. The Bertz CT molecular complexity index is 150. The summed E-state index contributed by atoms with van der Waals surface area (Å²) in [6, 6.07) is 0. The van der Waals surface area contributed by atoms with Crippen LogP contribution in [0.2, 0.25) is 0 Å². The normalized spacial score (nSPS) is 58.5. The summed E-state index contributed by atoms with van der Waals surface area (Å²) < 4.78 is 0. The van der Waals surface area contributed by atoms with Crippen LogP contribution in [0, 0.1) is 23.2 Å². The fourth-order valence-electron chi connectivity index (χ4n) is 2.21. The van der Waals surface area contributed by atoms with E-state index in [2.05, 4.69) is 20.8 Å². The van der Waals surface area contributed by atoms with Gasteiger partial charge in [-0.25, -0.2) is 0 Å². The maximum absolute atomic E-state index is 2.46. The van der Waals surface area contributed by atoms with E-state index in [9.17, 15) is 0 Å². The summed E-state index contributed by atoms with van der Waals surface area (Å²) in [7, 11) is 0. The molecule has 2 aliphatic carbocycles. The summed E-state index contributed by atoms with van der Waals surface area (Å²) in [6.07, 6.45) is 4.54.